The summed E-state index contributed by atoms with van der Waals surface area (Å²) in [4.78, 5) is 21.6. The number of allylic oxidation sites excluding steroid dienone is 1. The molecule has 0 aliphatic heterocycles. The van der Waals surface area contributed by atoms with Crippen molar-refractivity contribution in [3.63, 3.8) is 0 Å². The van der Waals surface area contributed by atoms with Crippen molar-refractivity contribution in [1.29, 1.82) is 0 Å². The fourth-order valence-electron chi connectivity index (χ4n) is 0.782. The van der Waals surface area contributed by atoms with Crippen molar-refractivity contribution in [2.24, 2.45) is 0 Å². The second-order valence-electron chi connectivity index (χ2n) is 2.40. The summed E-state index contributed by atoms with van der Waals surface area (Å²) in [6.07, 6.45) is 0.695. The third kappa shape index (κ3) is 3.97. The minimum Gasteiger partial charge on any atom is -0.359 e. The quantitative estimate of drug-likeness (QED) is 0.320. The summed E-state index contributed by atoms with van der Waals surface area (Å²) in [5, 5.41) is 3.76. The van der Waals surface area contributed by atoms with Crippen molar-refractivity contribution >= 4 is 29.8 Å². The highest BCUT2D eigenvalue weighted by atomic mass is 32.1. The second-order valence-corrected chi connectivity index (χ2v) is 2.64. The molecule has 0 saturated heterocycles. The molecule has 0 aliphatic rings. The molecule has 1 amide bonds. The first-order chi connectivity index (χ1) is 6.69. The maximum Gasteiger partial charge on any atom is 0.224 e. The summed E-state index contributed by atoms with van der Waals surface area (Å²) in [5.41, 5.74) is 0.745. The number of carbonyl (C=O) groups excluding carboxylic acids is 2. The van der Waals surface area contributed by atoms with Crippen molar-refractivity contribution in [2.45, 2.75) is 13.3 Å². The maximum absolute atomic E-state index is 11.0. The van der Waals surface area contributed by atoms with Gasteiger partial charge in [0, 0.05) is 12.4 Å². The molecule has 0 atom stereocenters. The van der Waals surface area contributed by atoms with Gasteiger partial charge in [-0.3, -0.25) is 9.59 Å². The van der Waals surface area contributed by atoms with E-state index in [1.54, 1.807) is 6.92 Å². The Hall–Kier alpha value is -1.47. The molecule has 0 aromatic rings. The predicted molar refractivity (Wildman–Crippen MR) is 58.9 cm³/mol. The van der Waals surface area contributed by atoms with Crippen LogP contribution in [0.1, 0.15) is 13.3 Å². The third-order valence-electron chi connectivity index (χ3n) is 1.50. The Kier molecular flexibility index (Phi) is 6.25. The van der Waals surface area contributed by atoms with Crippen LogP contribution in [0.5, 0.6) is 0 Å². The van der Waals surface area contributed by atoms with Gasteiger partial charge in [-0.2, -0.15) is 0 Å². The SMILES string of the molecule is CC#C/C(C=O)=C(\C=S)CC(=O)NC. The average Bonchev–Trinajstić information content (AvgIpc) is 2.22. The number of aldehydes is 1. The lowest BCUT2D eigenvalue weighted by atomic mass is 10.1. The molecule has 0 radical (unpaired) electrons. The van der Waals surface area contributed by atoms with Gasteiger partial charge >= 0.3 is 0 Å². The Labute approximate surface area is 88.6 Å². The largest absolute Gasteiger partial charge is 0.359 e. The van der Waals surface area contributed by atoms with E-state index >= 15 is 0 Å². The highest BCUT2D eigenvalue weighted by Gasteiger charge is 2.06. The van der Waals surface area contributed by atoms with Crippen LogP contribution in [0, 0.1) is 11.8 Å². The zero-order valence-electron chi connectivity index (χ0n) is 8.09. The Morgan fingerprint density at radius 1 is 1.57 bits per heavy atom. The van der Waals surface area contributed by atoms with Crippen LogP contribution in [-0.2, 0) is 9.59 Å². The molecule has 0 saturated carbocycles. The van der Waals surface area contributed by atoms with Gasteiger partial charge in [-0.25, -0.2) is 0 Å². The molecule has 74 valence electrons. The van der Waals surface area contributed by atoms with Crippen LogP contribution in [0.15, 0.2) is 11.1 Å². The molecule has 0 unspecified atom stereocenters. The summed E-state index contributed by atoms with van der Waals surface area (Å²) in [5.74, 6) is 4.99. The first-order valence-electron chi connectivity index (χ1n) is 3.96. The molecule has 3 nitrogen and oxygen atoms in total. The predicted octanol–water partition coefficient (Wildman–Crippen LogP) is 0.641. The Morgan fingerprint density at radius 3 is 2.57 bits per heavy atom. The fraction of sp³-hybridized carbons (Fsp3) is 0.300. The van der Waals surface area contributed by atoms with Crippen molar-refractivity contribution < 1.29 is 9.59 Å². The number of carbonyl (C=O) groups is 2. The van der Waals surface area contributed by atoms with Gasteiger partial charge in [0.05, 0.1) is 12.0 Å². The lowest BCUT2D eigenvalue weighted by Crippen LogP contribution is -2.18. The second kappa shape index (κ2) is 6.98. The minimum absolute atomic E-state index is 0.0861. The van der Waals surface area contributed by atoms with E-state index < -0.39 is 0 Å². The standard InChI is InChI=1S/C10H11NO2S/c1-3-4-8(6-12)9(7-14)5-10(13)11-2/h6-7H,5H2,1-2H3,(H,11,13)/b9-8+. The highest BCUT2D eigenvalue weighted by molar-refractivity contribution is 7.79. The fourth-order valence-corrected chi connectivity index (χ4v) is 0.992. The average molecular weight is 209 g/mol. The van der Waals surface area contributed by atoms with Crippen LogP contribution < -0.4 is 5.32 Å². The van der Waals surface area contributed by atoms with E-state index in [0.717, 1.165) is 0 Å². The van der Waals surface area contributed by atoms with Crippen LogP contribution >= 0.6 is 12.2 Å². The number of nitrogens with one attached hydrogen (secondary N) is 1. The zero-order valence-corrected chi connectivity index (χ0v) is 8.90. The maximum atomic E-state index is 11.0. The number of hydrogen-bond donors (Lipinski definition) is 1. The molecule has 0 aromatic carbocycles. The van der Waals surface area contributed by atoms with Gasteiger partial charge in [-0.15, -0.1) is 5.92 Å². The summed E-state index contributed by atoms with van der Waals surface area (Å²) in [7, 11) is 1.52. The lowest BCUT2D eigenvalue weighted by molar-refractivity contribution is -0.119. The first-order valence-corrected chi connectivity index (χ1v) is 4.43. The van der Waals surface area contributed by atoms with Gasteiger partial charge in [-0.05, 0) is 12.5 Å². The Morgan fingerprint density at radius 2 is 2.21 bits per heavy atom. The Bertz CT molecular complexity index is 334. The van der Waals surface area contributed by atoms with Crippen molar-refractivity contribution in [2.75, 3.05) is 7.05 Å². The summed E-state index contributed by atoms with van der Waals surface area (Å²) in [6.45, 7) is 1.62. The number of amides is 1. The van der Waals surface area contributed by atoms with Gasteiger partial charge in [0.15, 0.2) is 6.29 Å². The lowest BCUT2D eigenvalue weighted by Gasteiger charge is -2.00. The van der Waals surface area contributed by atoms with E-state index in [0.29, 0.717) is 11.9 Å². The molecule has 14 heavy (non-hydrogen) atoms. The summed E-state index contributed by atoms with van der Waals surface area (Å²) < 4.78 is 0. The molecule has 0 spiro atoms. The highest BCUT2D eigenvalue weighted by Crippen LogP contribution is 2.04. The molecule has 0 rings (SSSR count). The molecule has 0 heterocycles. The van der Waals surface area contributed by atoms with E-state index in [9.17, 15) is 9.59 Å². The molecule has 4 heteroatoms. The van der Waals surface area contributed by atoms with E-state index in [1.165, 1.54) is 12.4 Å². The number of hydrogen-bond acceptors (Lipinski definition) is 3. The van der Waals surface area contributed by atoms with Crippen LogP contribution in [-0.4, -0.2) is 24.6 Å². The van der Waals surface area contributed by atoms with E-state index in [2.05, 4.69) is 17.2 Å². The van der Waals surface area contributed by atoms with E-state index in [4.69, 9.17) is 12.2 Å². The topological polar surface area (TPSA) is 46.2 Å². The smallest absolute Gasteiger partial charge is 0.224 e. The Balaban J connectivity index is 4.95. The van der Waals surface area contributed by atoms with Crippen molar-refractivity contribution in [3.8, 4) is 11.8 Å². The number of thiocarbonyl (C=S) groups is 1. The van der Waals surface area contributed by atoms with E-state index in [-0.39, 0.29) is 17.9 Å². The molecule has 0 fully saturated rings. The number of rotatable bonds is 4. The zero-order chi connectivity index (χ0) is 11.0. The molecule has 0 aromatic heterocycles. The molecular weight excluding hydrogens is 198 g/mol. The van der Waals surface area contributed by atoms with Crippen LogP contribution in [0.25, 0.3) is 0 Å². The van der Waals surface area contributed by atoms with Gasteiger partial charge in [0.1, 0.15) is 0 Å². The monoisotopic (exact) mass is 209 g/mol. The van der Waals surface area contributed by atoms with Crippen LogP contribution in [0.4, 0.5) is 0 Å². The molecular formula is C10H11NO2S. The first kappa shape index (κ1) is 12.5. The van der Waals surface area contributed by atoms with Gasteiger partial charge in [0.25, 0.3) is 0 Å². The normalized spacial score (nSPS) is 10.4. The van der Waals surface area contributed by atoms with E-state index in [1.807, 2.05) is 0 Å². The van der Waals surface area contributed by atoms with Crippen molar-refractivity contribution in [3.05, 3.63) is 11.1 Å². The molecule has 0 aliphatic carbocycles. The summed E-state index contributed by atoms with van der Waals surface area (Å²) >= 11 is 4.71. The van der Waals surface area contributed by atoms with Gasteiger partial charge < -0.3 is 5.32 Å². The van der Waals surface area contributed by atoms with Gasteiger partial charge in [-0.1, -0.05) is 18.1 Å². The van der Waals surface area contributed by atoms with Crippen molar-refractivity contribution in [1.82, 2.24) is 5.32 Å². The third-order valence-corrected chi connectivity index (χ3v) is 1.78. The minimum atomic E-state index is -0.196. The molecule has 0 bridgehead atoms. The van der Waals surface area contributed by atoms with Crippen LogP contribution in [0.3, 0.4) is 0 Å². The summed E-state index contributed by atoms with van der Waals surface area (Å²) in [6, 6.07) is 0. The van der Waals surface area contributed by atoms with Gasteiger partial charge in [0.2, 0.25) is 5.91 Å². The molecule has 1 N–H and O–H groups in total. The van der Waals surface area contributed by atoms with Crippen LogP contribution in [0.2, 0.25) is 0 Å².